The van der Waals surface area contributed by atoms with Crippen LogP contribution < -0.4 is 10.9 Å². The van der Waals surface area contributed by atoms with Crippen LogP contribution in [-0.2, 0) is 11.3 Å². The molecule has 0 spiro atoms. The lowest BCUT2D eigenvalue weighted by Crippen LogP contribution is -2.24. The van der Waals surface area contributed by atoms with Gasteiger partial charge in [-0.2, -0.15) is 0 Å². The molecule has 0 aliphatic heterocycles. The van der Waals surface area contributed by atoms with Crippen LogP contribution in [0.25, 0.3) is 22.4 Å². The number of rotatable bonds is 5. The van der Waals surface area contributed by atoms with Crippen molar-refractivity contribution in [2.75, 3.05) is 5.32 Å². The fourth-order valence-corrected chi connectivity index (χ4v) is 3.54. The molecule has 2 heterocycles. The molecule has 0 radical (unpaired) electrons. The van der Waals surface area contributed by atoms with E-state index in [1.54, 1.807) is 24.3 Å². The highest BCUT2D eigenvalue weighted by Crippen LogP contribution is 2.30. The van der Waals surface area contributed by atoms with Crippen molar-refractivity contribution in [3.05, 3.63) is 75.3 Å². The molecule has 0 fully saturated rings. The van der Waals surface area contributed by atoms with Crippen LogP contribution in [-0.4, -0.2) is 20.6 Å². The molecule has 4 aromatic rings. The molecule has 0 saturated carbocycles. The van der Waals surface area contributed by atoms with Crippen molar-refractivity contribution in [1.29, 1.82) is 0 Å². The normalized spacial score (nSPS) is 11.0. The number of benzene rings is 2. The number of nitrogens with zero attached hydrogens (tertiary/aromatic N) is 3. The van der Waals surface area contributed by atoms with Gasteiger partial charge in [-0.15, -0.1) is 0 Å². The van der Waals surface area contributed by atoms with Crippen molar-refractivity contribution in [3.8, 4) is 11.3 Å². The summed E-state index contributed by atoms with van der Waals surface area (Å²) in [5.74, 6) is -0.184. The second-order valence-electron chi connectivity index (χ2n) is 7.00. The predicted octanol–water partition coefficient (Wildman–Crippen LogP) is 4.35. The van der Waals surface area contributed by atoms with Gasteiger partial charge in [0.15, 0.2) is 0 Å². The Hall–Kier alpha value is -3.45. The number of hydrogen-bond acceptors (Lipinski definition) is 5. The van der Waals surface area contributed by atoms with Crippen LogP contribution in [0.1, 0.15) is 17.5 Å². The first-order chi connectivity index (χ1) is 14.5. The maximum absolute atomic E-state index is 13.0. The van der Waals surface area contributed by atoms with Gasteiger partial charge in [-0.05, 0) is 31.0 Å². The Morgan fingerprint density at radius 1 is 1.13 bits per heavy atom. The molecule has 1 amide bonds. The van der Waals surface area contributed by atoms with Gasteiger partial charge < -0.3 is 9.84 Å². The molecule has 0 unspecified atom stereocenters. The second-order valence-corrected chi connectivity index (χ2v) is 7.41. The highest BCUT2D eigenvalue weighted by Gasteiger charge is 2.19. The van der Waals surface area contributed by atoms with E-state index in [2.05, 4.69) is 15.5 Å². The molecule has 0 aliphatic rings. The number of anilines is 1. The van der Waals surface area contributed by atoms with Crippen molar-refractivity contribution < 1.29 is 9.32 Å². The topological polar surface area (TPSA) is 90.0 Å². The van der Waals surface area contributed by atoms with Gasteiger partial charge >= 0.3 is 0 Å². The van der Waals surface area contributed by atoms with Gasteiger partial charge in [-0.25, -0.2) is 4.98 Å². The van der Waals surface area contributed by atoms with Gasteiger partial charge in [0.05, 0.1) is 5.02 Å². The molecular weight excluding hydrogens is 404 g/mol. The summed E-state index contributed by atoms with van der Waals surface area (Å²) in [7, 11) is 0. The van der Waals surface area contributed by atoms with Crippen LogP contribution in [0.2, 0.25) is 5.02 Å². The minimum Gasteiger partial charge on any atom is -0.335 e. The molecule has 0 bridgehead atoms. The monoisotopic (exact) mass is 422 g/mol. The lowest BCUT2D eigenvalue weighted by Gasteiger charge is -2.11. The number of nitrogens with one attached hydrogen (secondary N) is 1. The average Bonchev–Trinajstić information content (AvgIpc) is 3.15. The first-order valence-electron chi connectivity index (χ1n) is 9.41. The molecule has 30 heavy (non-hydrogen) atoms. The van der Waals surface area contributed by atoms with Crippen LogP contribution in [0.4, 0.5) is 5.69 Å². The molecule has 152 valence electrons. The Balaban J connectivity index is 1.59. The van der Waals surface area contributed by atoms with Crippen LogP contribution >= 0.6 is 11.6 Å². The van der Waals surface area contributed by atoms with E-state index in [1.165, 1.54) is 10.9 Å². The standard InChI is InChI=1S/C22H19ClN4O3/c1-13-6-5-7-14(2)19(13)25-17(28)10-11-27-12-24-21-18(22(27)29)20(26-30-21)15-8-3-4-9-16(15)23/h3-9,12H,10-11H2,1-2H3,(H,25,28). The Morgan fingerprint density at radius 3 is 2.60 bits per heavy atom. The lowest BCUT2D eigenvalue weighted by molar-refractivity contribution is -0.116. The third-order valence-corrected chi connectivity index (χ3v) is 5.25. The zero-order chi connectivity index (χ0) is 21.3. The number of para-hydroxylation sites is 1. The van der Waals surface area contributed by atoms with Crippen molar-refractivity contribution in [2.24, 2.45) is 0 Å². The third-order valence-electron chi connectivity index (χ3n) is 4.92. The van der Waals surface area contributed by atoms with Gasteiger partial charge in [0.25, 0.3) is 11.3 Å². The van der Waals surface area contributed by atoms with E-state index in [0.717, 1.165) is 16.8 Å². The van der Waals surface area contributed by atoms with E-state index in [1.807, 2.05) is 32.0 Å². The number of carbonyl (C=O) groups excluding carboxylic acids is 1. The first-order valence-corrected chi connectivity index (χ1v) is 9.79. The molecule has 7 nitrogen and oxygen atoms in total. The summed E-state index contributed by atoms with van der Waals surface area (Å²) >= 11 is 6.25. The molecule has 0 saturated heterocycles. The van der Waals surface area contributed by atoms with Gasteiger partial charge in [-0.3, -0.25) is 14.2 Å². The Kier molecular flexibility index (Phi) is 5.37. The lowest BCUT2D eigenvalue weighted by atomic mass is 10.1. The SMILES string of the molecule is Cc1cccc(C)c1NC(=O)CCn1cnc2onc(-c3ccccc3Cl)c2c1=O. The molecule has 2 aromatic heterocycles. The van der Waals surface area contributed by atoms with E-state index in [4.69, 9.17) is 16.1 Å². The Morgan fingerprint density at radius 2 is 1.87 bits per heavy atom. The maximum Gasteiger partial charge on any atom is 0.266 e. The number of hydrogen-bond donors (Lipinski definition) is 1. The zero-order valence-corrected chi connectivity index (χ0v) is 17.2. The van der Waals surface area contributed by atoms with Gasteiger partial charge in [-0.1, -0.05) is 53.2 Å². The Labute approximate surface area is 177 Å². The quantitative estimate of drug-likeness (QED) is 0.516. The van der Waals surface area contributed by atoms with E-state index in [9.17, 15) is 9.59 Å². The largest absolute Gasteiger partial charge is 0.335 e. The molecule has 4 rings (SSSR count). The summed E-state index contributed by atoms with van der Waals surface area (Å²) in [6.07, 6.45) is 1.48. The van der Waals surface area contributed by atoms with Gasteiger partial charge in [0.1, 0.15) is 17.4 Å². The highest BCUT2D eigenvalue weighted by atomic mass is 35.5. The number of fused-ring (bicyclic) bond motifs is 1. The number of amides is 1. The fourth-order valence-electron chi connectivity index (χ4n) is 3.31. The van der Waals surface area contributed by atoms with Crippen molar-refractivity contribution in [3.63, 3.8) is 0 Å². The minimum atomic E-state index is -0.337. The number of halogens is 1. The molecule has 8 heteroatoms. The zero-order valence-electron chi connectivity index (χ0n) is 16.5. The second kappa shape index (κ2) is 8.12. The molecule has 1 N–H and O–H groups in total. The van der Waals surface area contributed by atoms with Gasteiger partial charge in [0, 0.05) is 24.2 Å². The molecule has 2 aromatic carbocycles. The average molecular weight is 423 g/mol. The van der Waals surface area contributed by atoms with E-state index < -0.39 is 0 Å². The summed E-state index contributed by atoms with van der Waals surface area (Å²) in [6, 6.07) is 12.9. The minimum absolute atomic E-state index is 0.119. The summed E-state index contributed by atoms with van der Waals surface area (Å²) in [5.41, 5.74) is 3.48. The third kappa shape index (κ3) is 3.71. The van der Waals surface area contributed by atoms with Crippen molar-refractivity contribution >= 4 is 34.3 Å². The van der Waals surface area contributed by atoms with Crippen LogP contribution in [0.15, 0.2) is 58.1 Å². The summed E-state index contributed by atoms with van der Waals surface area (Å²) < 4.78 is 6.59. The van der Waals surface area contributed by atoms with Crippen molar-refractivity contribution in [1.82, 2.24) is 14.7 Å². The van der Waals surface area contributed by atoms with Crippen molar-refractivity contribution in [2.45, 2.75) is 26.8 Å². The predicted molar refractivity (Wildman–Crippen MR) is 116 cm³/mol. The van der Waals surface area contributed by atoms with E-state index >= 15 is 0 Å². The molecule has 0 aliphatic carbocycles. The summed E-state index contributed by atoms with van der Waals surface area (Å²) in [5, 5.41) is 7.60. The molecular formula is C22H19ClN4O3. The number of carbonyl (C=O) groups is 1. The van der Waals surface area contributed by atoms with E-state index in [-0.39, 0.29) is 35.5 Å². The summed E-state index contributed by atoms with van der Waals surface area (Å²) in [6.45, 7) is 4.05. The highest BCUT2D eigenvalue weighted by molar-refractivity contribution is 6.33. The van der Waals surface area contributed by atoms with Gasteiger partial charge in [0.2, 0.25) is 5.91 Å². The summed E-state index contributed by atoms with van der Waals surface area (Å²) in [4.78, 5) is 29.6. The molecule has 0 atom stereocenters. The van der Waals surface area contributed by atoms with Crippen LogP contribution in [0.3, 0.4) is 0 Å². The number of aryl methyl sites for hydroxylation is 3. The van der Waals surface area contributed by atoms with Crippen LogP contribution in [0, 0.1) is 13.8 Å². The maximum atomic E-state index is 13.0. The van der Waals surface area contributed by atoms with Crippen LogP contribution in [0.5, 0.6) is 0 Å². The number of aromatic nitrogens is 3. The fraction of sp³-hybridized carbons (Fsp3) is 0.182. The van der Waals surface area contributed by atoms with E-state index in [0.29, 0.717) is 16.3 Å². The smallest absolute Gasteiger partial charge is 0.266 e. The first kappa shape index (κ1) is 19.8. The Bertz CT molecular complexity index is 1290.